The number of methoxy groups -OCH3 is 1. The zero-order chi connectivity index (χ0) is 19.6. The van der Waals surface area contributed by atoms with Crippen LogP contribution in [0.1, 0.15) is 18.1 Å². The number of aliphatic hydroxyl groups excluding tert-OH is 1. The van der Waals surface area contributed by atoms with Crippen molar-refractivity contribution in [2.45, 2.75) is 26.2 Å². The lowest BCUT2D eigenvalue weighted by Crippen LogP contribution is -2.31. The van der Waals surface area contributed by atoms with Gasteiger partial charge in [0.1, 0.15) is 12.4 Å². The molecule has 0 aliphatic heterocycles. The van der Waals surface area contributed by atoms with Crippen LogP contribution in [0.3, 0.4) is 0 Å². The Bertz CT molecular complexity index is 728. The Kier molecular flexibility index (Phi) is 8.81. The largest absolute Gasteiger partial charge is 0.493 e. The van der Waals surface area contributed by atoms with Crippen LogP contribution in [-0.4, -0.2) is 38.0 Å². The molecule has 0 heterocycles. The number of halogens is 2. The molecule has 0 amide bonds. The van der Waals surface area contributed by atoms with Crippen molar-refractivity contribution in [2.75, 3.05) is 26.7 Å². The molecule has 0 saturated heterocycles. The van der Waals surface area contributed by atoms with Gasteiger partial charge in [0.15, 0.2) is 11.5 Å². The van der Waals surface area contributed by atoms with E-state index in [4.69, 9.17) is 21.1 Å². The molecule has 0 radical (unpaired) electrons. The van der Waals surface area contributed by atoms with E-state index in [1.807, 2.05) is 6.07 Å². The highest BCUT2D eigenvalue weighted by Crippen LogP contribution is 2.37. The standard InChI is InChI=1S/C20H26ClFN2O3/c1-14(25)11-23-7-8-24-12-15-9-17(21)20(19(10-15)26-2)27-13-16-5-3-4-6-18(16)22/h3-6,9-10,14,23-25H,7-8,11-13H2,1-2H3/t14-/m1/s1. The van der Waals surface area contributed by atoms with Crippen LogP contribution in [0.4, 0.5) is 4.39 Å². The fraction of sp³-hybridized carbons (Fsp3) is 0.400. The molecular weight excluding hydrogens is 371 g/mol. The number of hydrogen-bond donors (Lipinski definition) is 3. The van der Waals surface area contributed by atoms with Crippen LogP contribution in [0.15, 0.2) is 36.4 Å². The Hall–Kier alpha value is -1.86. The highest BCUT2D eigenvalue weighted by molar-refractivity contribution is 6.32. The van der Waals surface area contributed by atoms with Crippen LogP contribution in [0.25, 0.3) is 0 Å². The fourth-order valence-corrected chi connectivity index (χ4v) is 2.79. The summed E-state index contributed by atoms with van der Waals surface area (Å²) < 4.78 is 24.8. The maximum atomic E-state index is 13.7. The summed E-state index contributed by atoms with van der Waals surface area (Å²) in [6.45, 7) is 4.48. The van der Waals surface area contributed by atoms with Crippen molar-refractivity contribution < 1.29 is 19.0 Å². The summed E-state index contributed by atoms with van der Waals surface area (Å²) in [4.78, 5) is 0. The van der Waals surface area contributed by atoms with Crippen molar-refractivity contribution in [1.82, 2.24) is 10.6 Å². The predicted octanol–water partition coefficient (Wildman–Crippen LogP) is 3.13. The molecule has 0 saturated carbocycles. The van der Waals surface area contributed by atoms with Gasteiger partial charge in [0.2, 0.25) is 0 Å². The van der Waals surface area contributed by atoms with E-state index in [0.29, 0.717) is 35.2 Å². The molecule has 0 aromatic heterocycles. The molecular formula is C20H26ClFN2O3. The topological polar surface area (TPSA) is 62.8 Å². The molecule has 7 heteroatoms. The Morgan fingerprint density at radius 1 is 1.19 bits per heavy atom. The van der Waals surface area contributed by atoms with Gasteiger partial charge < -0.3 is 25.2 Å². The van der Waals surface area contributed by atoms with Gasteiger partial charge in [-0.15, -0.1) is 0 Å². The molecule has 0 fully saturated rings. The van der Waals surface area contributed by atoms with Crippen LogP contribution in [-0.2, 0) is 13.2 Å². The van der Waals surface area contributed by atoms with E-state index < -0.39 is 0 Å². The number of hydrogen-bond acceptors (Lipinski definition) is 5. The highest BCUT2D eigenvalue weighted by atomic mass is 35.5. The van der Waals surface area contributed by atoms with Crippen molar-refractivity contribution >= 4 is 11.6 Å². The first kappa shape index (κ1) is 21.4. The molecule has 0 bridgehead atoms. The molecule has 3 N–H and O–H groups in total. The Morgan fingerprint density at radius 2 is 1.93 bits per heavy atom. The Morgan fingerprint density at radius 3 is 2.63 bits per heavy atom. The number of benzene rings is 2. The average molecular weight is 397 g/mol. The molecule has 2 aromatic rings. The monoisotopic (exact) mass is 396 g/mol. The van der Waals surface area contributed by atoms with Crippen molar-refractivity contribution in [3.63, 3.8) is 0 Å². The SMILES string of the molecule is COc1cc(CNCCNC[C@@H](C)O)cc(Cl)c1OCc1ccccc1F. The maximum Gasteiger partial charge on any atom is 0.180 e. The van der Waals surface area contributed by atoms with Crippen LogP contribution in [0, 0.1) is 5.82 Å². The zero-order valence-corrected chi connectivity index (χ0v) is 16.4. The van der Waals surface area contributed by atoms with Crippen LogP contribution in [0.2, 0.25) is 5.02 Å². The van der Waals surface area contributed by atoms with Gasteiger partial charge in [-0.25, -0.2) is 4.39 Å². The molecule has 2 aromatic carbocycles. The van der Waals surface area contributed by atoms with Crippen molar-refractivity contribution in [1.29, 1.82) is 0 Å². The third kappa shape index (κ3) is 6.99. The van der Waals surface area contributed by atoms with Crippen molar-refractivity contribution in [3.8, 4) is 11.5 Å². The minimum atomic E-state index is -0.357. The molecule has 0 aliphatic rings. The molecule has 148 valence electrons. The first-order valence-electron chi connectivity index (χ1n) is 8.83. The van der Waals surface area contributed by atoms with Gasteiger partial charge in [0, 0.05) is 31.7 Å². The van der Waals surface area contributed by atoms with Gasteiger partial charge in [-0.3, -0.25) is 0 Å². The summed E-state index contributed by atoms with van der Waals surface area (Å²) in [7, 11) is 1.54. The number of ether oxygens (including phenoxy) is 2. The lowest BCUT2D eigenvalue weighted by Gasteiger charge is -2.15. The Balaban J connectivity index is 1.93. The van der Waals surface area contributed by atoms with E-state index in [0.717, 1.165) is 18.7 Å². The summed E-state index contributed by atoms with van der Waals surface area (Å²) >= 11 is 6.35. The van der Waals surface area contributed by atoms with E-state index in [1.54, 1.807) is 38.3 Å². The maximum absolute atomic E-state index is 13.7. The van der Waals surface area contributed by atoms with Gasteiger partial charge in [-0.2, -0.15) is 0 Å². The molecule has 2 rings (SSSR count). The van der Waals surface area contributed by atoms with Crippen LogP contribution < -0.4 is 20.1 Å². The van der Waals surface area contributed by atoms with Crippen LogP contribution in [0.5, 0.6) is 11.5 Å². The summed E-state index contributed by atoms with van der Waals surface area (Å²) in [5.41, 5.74) is 1.40. The number of aliphatic hydroxyl groups is 1. The summed E-state index contributed by atoms with van der Waals surface area (Å²) in [5, 5.41) is 16.0. The molecule has 1 atom stereocenters. The van der Waals surface area contributed by atoms with Crippen molar-refractivity contribution in [3.05, 3.63) is 58.4 Å². The minimum absolute atomic E-state index is 0.0648. The van der Waals surface area contributed by atoms with E-state index in [-0.39, 0.29) is 18.5 Å². The Labute approximate surface area is 164 Å². The fourth-order valence-electron chi connectivity index (χ4n) is 2.50. The second kappa shape index (κ2) is 11.1. The normalized spacial score (nSPS) is 12.0. The molecule has 0 spiro atoms. The highest BCUT2D eigenvalue weighted by Gasteiger charge is 2.13. The average Bonchev–Trinajstić information content (AvgIpc) is 2.64. The van der Waals surface area contributed by atoms with E-state index in [2.05, 4.69) is 10.6 Å². The minimum Gasteiger partial charge on any atom is -0.493 e. The summed E-state index contributed by atoms with van der Waals surface area (Å²) in [6.07, 6.45) is -0.357. The van der Waals surface area contributed by atoms with Gasteiger partial charge in [-0.1, -0.05) is 29.8 Å². The lowest BCUT2D eigenvalue weighted by atomic mass is 10.2. The second-order valence-electron chi connectivity index (χ2n) is 6.22. The molecule has 5 nitrogen and oxygen atoms in total. The van der Waals surface area contributed by atoms with E-state index >= 15 is 0 Å². The molecule has 27 heavy (non-hydrogen) atoms. The smallest absolute Gasteiger partial charge is 0.180 e. The van der Waals surface area contributed by atoms with Crippen LogP contribution >= 0.6 is 11.6 Å². The van der Waals surface area contributed by atoms with Gasteiger partial charge in [0.25, 0.3) is 0 Å². The molecule has 0 aliphatic carbocycles. The first-order chi connectivity index (χ1) is 13.0. The number of rotatable bonds is 11. The summed E-state index contributed by atoms with van der Waals surface area (Å²) in [6, 6.07) is 10.1. The summed E-state index contributed by atoms with van der Waals surface area (Å²) in [5.74, 6) is 0.574. The lowest BCUT2D eigenvalue weighted by molar-refractivity contribution is 0.191. The second-order valence-corrected chi connectivity index (χ2v) is 6.63. The predicted molar refractivity (Wildman–Crippen MR) is 105 cm³/mol. The van der Waals surface area contributed by atoms with E-state index in [1.165, 1.54) is 6.07 Å². The van der Waals surface area contributed by atoms with Gasteiger partial charge in [0.05, 0.1) is 18.2 Å². The third-order valence-corrected chi connectivity index (χ3v) is 4.15. The van der Waals surface area contributed by atoms with Gasteiger partial charge in [-0.05, 0) is 30.7 Å². The third-order valence-electron chi connectivity index (χ3n) is 3.87. The molecule has 0 unspecified atom stereocenters. The van der Waals surface area contributed by atoms with Crippen molar-refractivity contribution in [2.24, 2.45) is 0 Å². The zero-order valence-electron chi connectivity index (χ0n) is 15.6. The number of nitrogens with one attached hydrogen (secondary N) is 2. The van der Waals surface area contributed by atoms with E-state index in [9.17, 15) is 9.50 Å². The first-order valence-corrected chi connectivity index (χ1v) is 9.21. The van der Waals surface area contributed by atoms with Gasteiger partial charge >= 0.3 is 0 Å². The quantitative estimate of drug-likeness (QED) is 0.509.